The Morgan fingerprint density at radius 2 is 2.24 bits per heavy atom. The molecule has 2 N–H and O–H groups in total. The van der Waals surface area contributed by atoms with Gasteiger partial charge in [0.05, 0.1) is 5.02 Å². The number of carboxylic acids is 1. The fourth-order valence-electron chi connectivity index (χ4n) is 1.94. The molecule has 17 heavy (non-hydrogen) atoms. The van der Waals surface area contributed by atoms with Crippen molar-refractivity contribution in [3.63, 3.8) is 0 Å². The van der Waals surface area contributed by atoms with Gasteiger partial charge in [0, 0.05) is 12.3 Å². The van der Waals surface area contributed by atoms with Crippen LogP contribution in [-0.2, 0) is 9.59 Å². The minimum Gasteiger partial charge on any atom is -0.480 e. The van der Waals surface area contributed by atoms with E-state index in [1.807, 2.05) is 0 Å². The van der Waals surface area contributed by atoms with Crippen molar-refractivity contribution in [2.75, 3.05) is 0 Å². The van der Waals surface area contributed by atoms with Crippen LogP contribution in [0.15, 0.2) is 18.2 Å². The summed E-state index contributed by atoms with van der Waals surface area (Å²) in [6.45, 7) is 0. The molecule has 2 rings (SSSR count). The highest BCUT2D eigenvalue weighted by molar-refractivity contribution is 6.30. The van der Waals surface area contributed by atoms with Crippen molar-refractivity contribution in [3.05, 3.63) is 34.6 Å². The Morgan fingerprint density at radius 3 is 2.82 bits per heavy atom. The van der Waals surface area contributed by atoms with Gasteiger partial charge in [-0.25, -0.2) is 9.18 Å². The zero-order valence-corrected chi connectivity index (χ0v) is 9.37. The monoisotopic (exact) mass is 257 g/mol. The van der Waals surface area contributed by atoms with E-state index in [2.05, 4.69) is 5.32 Å². The molecular formula is C11H9ClFNO3. The zero-order chi connectivity index (χ0) is 12.6. The van der Waals surface area contributed by atoms with Crippen LogP contribution in [0.4, 0.5) is 4.39 Å². The standard InChI is InChI=1S/C11H9ClFNO3/c12-7-3-5(1-2-8(7)13)6-4-9(15)14-10(6)11(16)17/h1-3,6,10H,4H2,(H,14,15)(H,16,17). The number of rotatable bonds is 2. The van der Waals surface area contributed by atoms with Crippen LogP contribution in [0.1, 0.15) is 17.9 Å². The first-order valence-electron chi connectivity index (χ1n) is 4.96. The molecule has 0 saturated carbocycles. The number of halogens is 2. The average molecular weight is 258 g/mol. The highest BCUT2D eigenvalue weighted by atomic mass is 35.5. The van der Waals surface area contributed by atoms with Crippen LogP contribution >= 0.6 is 11.6 Å². The van der Waals surface area contributed by atoms with Crippen LogP contribution in [0.5, 0.6) is 0 Å². The fourth-order valence-corrected chi connectivity index (χ4v) is 2.13. The minimum absolute atomic E-state index is 0.0684. The lowest BCUT2D eigenvalue weighted by atomic mass is 9.92. The summed E-state index contributed by atoms with van der Waals surface area (Å²) in [5.74, 6) is -2.53. The first kappa shape index (κ1) is 11.9. The van der Waals surface area contributed by atoms with Crippen LogP contribution in [-0.4, -0.2) is 23.0 Å². The smallest absolute Gasteiger partial charge is 0.326 e. The number of carbonyl (C=O) groups is 2. The van der Waals surface area contributed by atoms with Crippen molar-refractivity contribution in [1.82, 2.24) is 5.32 Å². The van der Waals surface area contributed by atoms with E-state index in [-0.39, 0.29) is 17.4 Å². The molecule has 0 aromatic heterocycles. The summed E-state index contributed by atoms with van der Waals surface area (Å²) < 4.78 is 13.0. The first-order chi connectivity index (χ1) is 7.99. The van der Waals surface area contributed by atoms with E-state index in [4.69, 9.17) is 16.7 Å². The van der Waals surface area contributed by atoms with Crippen LogP contribution in [0.2, 0.25) is 5.02 Å². The van der Waals surface area contributed by atoms with Gasteiger partial charge < -0.3 is 10.4 Å². The number of benzene rings is 1. The number of aliphatic carboxylic acids is 1. The summed E-state index contributed by atoms with van der Waals surface area (Å²) in [6.07, 6.45) is 0.0684. The molecular weight excluding hydrogens is 249 g/mol. The molecule has 0 bridgehead atoms. The topological polar surface area (TPSA) is 66.4 Å². The molecule has 0 spiro atoms. The quantitative estimate of drug-likeness (QED) is 0.844. The molecule has 2 unspecified atom stereocenters. The second-order valence-electron chi connectivity index (χ2n) is 3.87. The van der Waals surface area contributed by atoms with Crippen molar-refractivity contribution in [3.8, 4) is 0 Å². The maximum Gasteiger partial charge on any atom is 0.326 e. The molecule has 1 aromatic rings. The van der Waals surface area contributed by atoms with Crippen molar-refractivity contribution in [2.24, 2.45) is 0 Å². The summed E-state index contributed by atoms with van der Waals surface area (Å²) in [5, 5.41) is 11.2. The molecule has 1 aliphatic heterocycles. The van der Waals surface area contributed by atoms with Crippen LogP contribution < -0.4 is 5.32 Å². The third-order valence-corrected chi connectivity index (χ3v) is 3.05. The van der Waals surface area contributed by atoms with Gasteiger partial charge in [0.25, 0.3) is 0 Å². The second kappa shape index (κ2) is 4.33. The Kier molecular flexibility index (Phi) is 3.02. The van der Waals surface area contributed by atoms with E-state index in [0.717, 1.165) is 0 Å². The molecule has 2 atom stereocenters. The Hall–Kier alpha value is -1.62. The van der Waals surface area contributed by atoms with Crippen LogP contribution in [0, 0.1) is 5.82 Å². The second-order valence-corrected chi connectivity index (χ2v) is 4.27. The summed E-state index contributed by atoms with van der Waals surface area (Å²) in [7, 11) is 0. The van der Waals surface area contributed by atoms with Gasteiger partial charge in [-0.2, -0.15) is 0 Å². The van der Waals surface area contributed by atoms with Gasteiger partial charge in [0.2, 0.25) is 5.91 Å². The molecule has 1 amide bonds. The van der Waals surface area contributed by atoms with Gasteiger partial charge in [0.1, 0.15) is 11.9 Å². The molecule has 1 aliphatic rings. The van der Waals surface area contributed by atoms with E-state index in [1.54, 1.807) is 0 Å². The average Bonchev–Trinajstić information content (AvgIpc) is 2.64. The predicted octanol–water partition coefficient (Wildman–Crippen LogP) is 1.54. The van der Waals surface area contributed by atoms with Crippen LogP contribution in [0.3, 0.4) is 0 Å². The molecule has 1 aromatic carbocycles. The van der Waals surface area contributed by atoms with Crippen molar-refractivity contribution < 1.29 is 19.1 Å². The number of hydrogen-bond donors (Lipinski definition) is 2. The third-order valence-electron chi connectivity index (χ3n) is 2.76. The highest BCUT2D eigenvalue weighted by Crippen LogP contribution is 2.30. The van der Waals surface area contributed by atoms with Gasteiger partial charge in [-0.15, -0.1) is 0 Å². The molecule has 1 saturated heterocycles. The normalized spacial score (nSPS) is 23.5. The van der Waals surface area contributed by atoms with Crippen molar-refractivity contribution in [1.29, 1.82) is 0 Å². The lowest BCUT2D eigenvalue weighted by Crippen LogP contribution is -2.36. The van der Waals surface area contributed by atoms with Crippen molar-refractivity contribution in [2.45, 2.75) is 18.4 Å². The lowest BCUT2D eigenvalue weighted by molar-refractivity contribution is -0.140. The highest BCUT2D eigenvalue weighted by Gasteiger charge is 2.38. The Labute approximate surface area is 101 Å². The van der Waals surface area contributed by atoms with E-state index in [0.29, 0.717) is 5.56 Å². The number of carbonyl (C=O) groups excluding carboxylic acids is 1. The largest absolute Gasteiger partial charge is 0.480 e. The SMILES string of the molecule is O=C1CC(c2ccc(F)c(Cl)c2)C(C(=O)O)N1. The maximum atomic E-state index is 13.0. The van der Waals surface area contributed by atoms with Crippen molar-refractivity contribution >= 4 is 23.5 Å². The van der Waals surface area contributed by atoms with Gasteiger partial charge in [-0.1, -0.05) is 17.7 Å². The van der Waals surface area contributed by atoms with Crippen LogP contribution in [0.25, 0.3) is 0 Å². The molecule has 1 heterocycles. The first-order valence-corrected chi connectivity index (χ1v) is 5.34. The predicted molar refractivity (Wildman–Crippen MR) is 58.3 cm³/mol. The summed E-state index contributed by atoms with van der Waals surface area (Å²) in [4.78, 5) is 22.2. The van der Waals surface area contributed by atoms with E-state index in [9.17, 15) is 14.0 Å². The van der Waals surface area contributed by atoms with Gasteiger partial charge in [0.15, 0.2) is 0 Å². The van der Waals surface area contributed by atoms with E-state index < -0.39 is 23.7 Å². The van der Waals surface area contributed by atoms with E-state index in [1.165, 1.54) is 18.2 Å². The molecule has 6 heteroatoms. The fraction of sp³-hybridized carbons (Fsp3) is 0.273. The van der Waals surface area contributed by atoms with E-state index >= 15 is 0 Å². The molecule has 90 valence electrons. The zero-order valence-electron chi connectivity index (χ0n) is 8.61. The maximum absolute atomic E-state index is 13.0. The molecule has 4 nitrogen and oxygen atoms in total. The van der Waals surface area contributed by atoms with Gasteiger partial charge in [-0.3, -0.25) is 4.79 Å². The van der Waals surface area contributed by atoms with Gasteiger partial charge in [-0.05, 0) is 17.7 Å². The molecule has 1 fully saturated rings. The Morgan fingerprint density at radius 1 is 1.53 bits per heavy atom. The van der Waals surface area contributed by atoms with Gasteiger partial charge >= 0.3 is 5.97 Å². The minimum atomic E-state index is -1.11. The molecule has 0 radical (unpaired) electrons. The lowest BCUT2D eigenvalue weighted by Gasteiger charge is -2.15. The summed E-state index contributed by atoms with van der Waals surface area (Å²) in [5.41, 5.74) is 0.544. The Balaban J connectivity index is 2.34. The summed E-state index contributed by atoms with van der Waals surface area (Å²) >= 11 is 5.63. The molecule has 0 aliphatic carbocycles. The summed E-state index contributed by atoms with van der Waals surface area (Å²) in [6, 6.07) is 2.99. The number of hydrogen-bond acceptors (Lipinski definition) is 2. The third kappa shape index (κ3) is 2.24. The number of nitrogens with one attached hydrogen (secondary N) is 1. The Bertz CT molecular complexity index is 492. The number of amides is 1. The number of carboxylic acid groups (broad SMARTS) is 1.